The van der Waals surface area contributed by atoms with E-state index >= 15 is 0 Å². The summed E-state index contributed by atoms with van der Waals surface area (Å²) in [6.45, 7) is 5.88. The Labute approximate surface area is 116 Å². The van der Waals surface area contributed by atoms with Gasteiger partial charge in [0, 0.05) is 13.7 Å². The van der Waals surface area contributed by atoms with Crippen molar-refractivity contribution in [3.05, 3.63) is 12.2 Å². The number of nitrogens with one attached hydrogen (secondary N) is 1. The fourth-order valence-corrected chi connectivity index (χ4v) is 2.97. The third-order valence-electron chi connectivity index (χ3n) is 4.65. The van der Waals surface area contributed by atoms with Crippen LogP contribution < -0.4 is 5.32 Å². The normalized spacial score (nSPS) is 34.3. The topological polar surface area (TPSA) is 38.3 Å². The van der Waals surface area contributed by atoms with Crippen molar-refractivity contribution in [3.63, 3.8) is 0 Å². The van der Waals surface area contributed by atoms with E-state index in [0.717, 1.165) is 24.2 Å². The van der Waals surface area contributed by atoms with E-state index in [1.807, 2.05) is 0 Å². The first-order valence-electron chi connectivity index (χ1n) is 7.60. The SMILES string of the molecule is CCC(CNC(=O)/C=C/C1CC1C1CC1C)COC. The number of carbonyl (C=O) groups is 1. The Balaban J connectivity index is 1.62. The van der Waals surface area contributed by atoms with Crippen LogP contribution >= 0.6 is 0 Å². The second-order valence-electron chi connectivity index (χ2n) is 6.27. The fraction of sp³-hybridized carbons (Fsp3) is 0.812. The molecule has 2 fully saturated rings. The average Bonchev–Trinajstić information content (AvgIpc) is 3.28. The lowest BCUT2D eigenvalue weighted by molar-refractivity contribution is -0.116. The van der Waals surface area contributed by atoms with Crippen molar-refractivity contribution >= 4 is 5.91 Å². The molecule has 1 amide bonds. The summed E-state index contributed by atoms with van der Waals surface area (Å²) in [6, 6.07) is 0. The van der Waals surface area contributed by atoms with Crippen LogP contribution in [0.3, 0.4) is 0 Å². The lowest BCUT2D eigenvalue weighted by Gasteiger charge is -2.13. The third-order valence-corrected chi connectivity index (χ3v) is 4.65. The van der Waals surface area contributed by atoms with E-state index in [9.17, 15) is 4.79 Å². The van der Waals surface area contributed by atoms with Gasteiger partial charge < -0.3 is 10.1 Å². The maximum Gasteiger partial charge on any atom is 0.243 e. The van der Waals surface area contributed by atoms with Crippen molar-refractivity contribution in [2.75, 3.05) is 20.3 Å². The van der Waals surface area contributed by atoms with Gasteiger partial charge >= 0.3 is 0 Å². The van der Waals surface area contributed by atoms with Crippen LogP contribution in [-0.2, 0) is 9.53 Å². The Morgan fingerprint density at radius 2 is 2.16 bits per heavy atom. The van der Waals surface area contributed by atoms with Gasteiger partial charge in [-0.05, 0) is 54.9 Å². The van der Waals surface area contributed by atoms with Crippen LogP contribution in [0.2, 0.25) is 0 Å². The molecule has 0 radical (unpaired) electrons. The molecular weight excluding hydrogens is 238 g/mol. The summed E-state index contributed by atoms with van der Waals surface area (Å²) in [5.74, 6) is 3.88. The average molecular weight is 265 g/mol. The molecule has 3 nitrogen and oxygen atoms in total. The molecule has 3 heteroatoms. The highest BCUT2D eigenvalue weighted by molar-refractivity contribution is 5.87. The van der Waals surface area contributed by atoms with Crippen molar-refractivity contribution in [1.82, 2.24) is 5.32 Å². The van der Waals surface area contributed by atoms with Crippen LogP contribution in [0.15, 0.2) is 12.2 Å². The predicted octanol–water partition coefficient (Wildman–Crippen LogP) is 2.62. The molecule has 2 saturated carbocycles. The molecule has 0 spiro atoms. The van der Waals surface area contributed by atoms with E-state index in [-0.39, 0.29) is 5.91 Å². The highest BCUT2D eigenvalue weighted by atomic mass is 16.5. The van der Waals surface area contributed by atoms with Gasteiger partial charge in [0.2, 0.25) is 5.91 Å². The Kier molecular flexibility index (Phi) is 5.03. The van der Waals surface area contributed by atoms with Crippen LogP contribution in [0.4, 0.5) is 0 Å². The van der Waals surface area contributed by atoms with Gasteiger partial charge in [-0.3, -0.25) is 4.79 Å². The van der Waals surface area contributed by atoms with Crippen LogP contribution in [-0.4, -0.2) is 26.2 Å². The molecular formula is C16H27NO2. The largest absolute Gasteiger partial charge is 0.384 e. The van der Waals surface area contributed by atoms with Crippen molar-refractivity contribution < 1.29 is 9.53 Å². The van der Waals surface area contributed by atoms with E-state index in [4.69, 9.17) is 4.74 Å². The monoisotopic (exact) mass is 265 g/mol. The highest BCUT2D eigenvalue weighted by Gasteiger charge is 2.50. The number of methoxy groups -OCH3 is 1. The quantitative estimate of drug-likeness (QED) is 0.685. The summed E-state index contributed by atoms with van der Waals surface area (Å²) in [7, 11) is 1.70. The summed E-state index contributed by atoms with van der Waals surface area (Å²) in [5.41, 5.74) is 0. The Hall–Kier alpha value is -0.830. The zero-order chi connectivity index (χ0) is 13.8. The second-order valence-corrected chi connectivity index (χ2v) is 6.27. The van der Waals surface area contributed by atoms with E-state index < -0.39 is 0 Å². The molecule has 0 aromatic carbocycles. The molecule has 0 aliphatic heterocycles. The highest BCUT2D eigenvalue weighted by Crippen LogP contribution is 2.58. The van der Waals surface area contributed by atoms with E-state index in [0.29, 0.717) is 25.0 Å². The zero-order valence-electron chi connectivity index (χ0n) is 12.4. The molecule has 5 unspecified atom stereocenters. The predicted molar refractivity (Wildman–Crippen MR) is 76.7 cm³/mol. The number of amides is 1. The smallest absolute Gasteiger partial charge is 0.243 e. The van der Waals surface area contributed by atoms with Crippen LogP contribution in [0, 0.1) is 29.6 Å². The van der Waals surface area contributed by atoms with Crippen molar-refractivity contribution in [2.45, 2.75) is 33.1 Å². The maximum atomic E-state index is 11.7. The van der Waals surface area contributed by atoms with Gasteiger partial charge in [0.25, 0.3) is 0 Å². The van der Waals surface area contributed by atoms with Crippen molar-refractivity contribution in [1.29, 1.82) is 0 Å². The number of ether oxygens (including phenoxy) is 1. The molecule has 0 bridgehead atoms. The molecule has 1 N–H and O–H groups in total. The van der Waals surface area contributed by atoms with E-state index in [1.165, 1.54) is 12.8 Å². The molecule has 5 atom stereocenters. The zero-order valence-corrected chi connectivity index (χ0v) is 12.4. The Morgan fingerprint density at radius 3 is 2.74 bits per heavy atom. The summed E-state index contributed by atoms with van der Waals surface area (Å²) >= 11 is 0. The minimum Gasteiger partial charge on any atom is -0.384 e. The van der Waals surface area contributed by atoms with Crippen molar-refractivity contribution in [3.8, 4) is 0 Å². The van der Waals surface area contributed by atoms with Gasteiger partial charge in [-0.1, -0.05) is 19.9 Å². The number of rotatable bonds is 8. The maximum absolute atomic E-state index is 11.7. The first kappa shape index (κ1) is 14.6. The first-order chi connectivity index (χ1) is 9.15. The minimum atomic E-state index is 0.0454. The second kappa shape index (κ2) is 6.56. The molecule has 0 aromatic rings. The summed E-state index contributed by atoms with van der Waals surface area (Å²) in [5, 5.41) is 2.96. The van der Waals surface area contributed by atoms with Crippen LogP contribution in [0.5, 0.6) is 0 Å². The number of carbonyl (C=O) groups excluding carboxylic acids is 1. The number of hydrogen-bond donors (Lipinski definition) is 1. The molecule has 2 aliphatic rings. The van der Waals surface area contributed by atoms with Gasteiger partial charge in [-0.2, -0.15) is 0 Å². The Morgan fingerprint density at radius 1 is 1.42 bits per heavy atom. The molecule has 0 heterocycles. The summed E-state index contributed by atoms with van der Waals surface area (Å²) in [6.07, 6.45) is 7.57. The molecule has 108 valence electrons. The molecule has 2 rings (SSSR count). The van der Waals surface area contributed by atoms with Crippen LogP contribution in [0.1, 0.15) is 33.1 Å². The molecule has 19 heavy (non-hydrogen) atoms. The minimum absolute atomic E-state index is 0.0454. The van der Waals surface area contributed by atoms with Crippen molar-refractivity contribution in [2.24, 2.45) is 29.6 Å². The van der Waals surface area contributed by atoms with Gasteiger partial charge in [-0.15, -0.1) is 0 Å². The van der Waals surface area contributed by atoms with Gasteiger partial charge in [0.05, 0.1) is 6.61 Å². The molecule has 2 aliphatic carbocycles. The third kappa shape index (κ3) is 4.34. The van der Waals surface area contributed by atoms with Gasteiger partial charge in [-0.25, -0.2) is 0 Å². The van der Waals surface area contributed by atoms with Gasteiger partial charge in [0.15, 0.2) is 0 Å². The number of hydrogen-bond acceptors (Lipinski definition) is 2. The van der Waals surface area contributed by atoms with Gasteiger partial charge in [0.1, 0.15) is 0 Å². The first-order valence-corrected chi connectivity index (χ1v) is 7.60. The van der Waals surface area contributed by atoms with E-state index in [1.54, 1.807) is 13.2 Å². The van der Waals surface area contributed by atoms with Crippen LogP contribution in [0.25, 0.3) is 0 Å². The summed E-state index contributed by atoms with van der Waals surface area (Å²) in [4.78, 5) is 11.7. The standard InChI is InChI=1S/C16H27NO2/c1-4-12(10-19-3)9-17-16(18)6-5-13-8-15(13)14-7-11(14)2/h5-6,11-15H,4,7-10H2,1-3H3,(H,17,18)/b6-5+. The fourth-order valence-electron chi connectivity index (χ4n) is 2.97. The Bertz CT molecular complexity index is 340. The molecule has 0 aromatic heterocycles. The lowest BCUT2D eigenvalue weighted by atomic mass is 10.1. The summed E-state index contributed by atoms with van der Waals surface area (Å²) < 4.78 is 5.12. The van der Waals surface area contributed by atoms with E-state index in [2.05, 4.69) is 25.2 Å². The molecule has 0 saturated heterocycles. The number of allylic oxidation sites excluding steroid dienone is 1. The lowest BCUT2D eigenvalue weighted by Crippen LogP contribution is -2.29.